The van der Waals surface area contributed by atoms with E-state index in [1.165, 1.54) is 6.07 Å². The van der Waals surface area contributed by atoms with Gasteiger partial charge in [0.15, 0.2) is 38.9 Å². The second-order valence-electron chi connectivity index (χ2n) is 7.16. The Hall–Kier alpha value is -3.58. The zero-order valence-electron chi connectivity index (χ0n) is 17.1. The van der Waals surface area contributed by atoms with Crippen LogP contribution in [0.15, 0.2) is 35.5 Å². The highest BCUT2D eigenvalue weighted by molar-refractivity contribution is 7.90. The number of rotatable bonds is 4. The number of aromatic hydroxyl groups is 1. The van der Waals surface area contributed by atoms with E-state index in [9.17, 15) is 35.5 Å². The second kappa shape index (κ2) is 8.57. The summed E-state index contributed by atoms with van der Waals surface area (Å²) >= 11 is 6.13. The zero-order chi connectivity index (χ0) is 25.8. The lowest BCUT2D eigenvalue weighted by Crippen LogP contribution is -2.13. The third-order valence-corrected chi connectivity index (χ3v) is 6.32. The number of fused-ring (bicyclic) bond motifs is 1. The van der Waals surface area contributed by atoms with Crippen molar-refractivity contribution in [3.8, 4) is 16.9 Å². The SMILES string of the molecule is CS(=O)(=O)c1c(F)c(F)c(F)c(F)c1Nc1ncnc2c(F)c(-c3c(O)cccc3F)c(Cl)cc12. The first-order valence-corrected chi connectivity index (χ1v) is 11.5. The van der Waals surface area contributed by atoms with E-state index in [0.717, 1.165) is 24.5 Å². The third-order valence-electron chi connectivity index (χ3n) is 4.90. The second-order valence-corrected chi connectivity index (χ2v) is 9.52. The minimum absolute atomic E-state index is 0.349. The molecule has 0 aliphatic rings. The summed E-state index contributed by atoms with van der Waals surface area (Å²) in [6.45, 7) is 0. The number of nitrogens with zero attached hydrogens (tertiary/aromatic N) is 2. The number of aromatic nitrogens is 2. The molecule has 0 spiro atoms. The van der Waals surface area contributed by atoms with Gasteiger partial charge in [0.05, 0.1) is 10.6 Å². The highest BCUT2D eigenvalue weighted by atomic mass is 35.5. The predicted octanol–water partition coefficient (Wildman–Crippen LogP) is 5.64. The van der Waals surface area contributed by atoms with Crippen LogP contribution in [0.5, 0.6) is 5.75 Å². The molecular formula is C21H10ClF6N3O3S. The van der Waals surface area contributed by atoms with Gasteiger partial charge in [-0.25, -0.2) is 44.7 Å². The maximum absolute atomic E-state index is 15.4. The van der Waals surface area contributed by atoms with Crippen molar-refractivity contribution >= 4 is 43.8 Å². The molecule has 0 radical (unpaired) electrons. The monoisotopic (exact) mass is 533 g/mol. The molecule has 0 aliphatic heterocycles. The minimum Gasteiger partial charge on any atom is -0.507 e. The third kappa shape index (κ3) is 4.00. The number of halogens is 7. The van der Waals surface area contributed by atoms with Gasteiger partial charge in [0.1, 0.15) is 39.8 Å². The Morgan fingerprint density at radius 3 is 2.20 bits per heavy atom. The lowest BCUT2D eigenvalue weighted by atomic mass is 10.0. The van der Waals surface area contributed by atoms with Gasteiger partial charge < -0.3 is 10.4 Å². The molecule has 0 saturated carbocycles. The van der Waals surface area contributed by atoms with Crippen molar-refractivity contribution in [3.63, 3.8) is 0 Å². The van der Waals surface area contributed by atoms with E-state index < -0.39 is 88.6 Å². The van der Waals surface area contributed by atoms with Crippen LogP contribution in [0.3, 0.4) is 0 Å². The van der Waals surface area contributed by atoms with Crippen molar-refractivity contribution in [1.82, 2.24) is 9.97 Å². The van der Waals surface area contributed by atoms with E-state index in [4.69, 9.17) is 11.6 Å². The molecule has 4 aromatic rings. The molecule has 6 nitrogen and oxygen atoms in total. The summed E-state index contributed by atoms with van der Waals surface area (Å²) in [6, 6.07) is 4.16. The molecular weight excluding hydrogens is 524 g/mol. The first-order chi connectivity index (χ1) is 16.3. The van der Waals surface area contributed by atoms with E-state index in [1.807, 2.05) is 5.32 Å². The number of anilines is 2. The van der Waals surface area contributed by atoms with Gasteiger partial charge in [-0.05, 0) is 18.2 Å². The molecule has 1 aromatic heterocycles. The van der Waals surface area contributed by atoms with Gasteiger partial charge in [-0.2, -0.15) is 0 Å². The molecule has 3 aromatic carbocycles. The van der Waals surface area contributed by atoms with Crippen LogP contribution in [-0.2, 0) is 9.84 Å². The Kier molecular flexibility index (Phi) is 6.01. The van der Waals surface area contributed by atoms with Crippen LogP contribution in [-0.4, -0.2) is 29.7 Å². The summed E-state index contributed by atoms with van der Waals surface area (Å²) < 4.78 is 110. The van der Waals surface area contributed by atoms with Gasteiger partial charge in [0, 0.05) is 17.2 Å². The summed E-state index contributed by atoms with van der Waals surface area (Å²) in [4.78, 5) is 5.86. The number of phenolic OH excluding ortho intramolecular Hbond substituents is 1. The van der Waals surface area contributed by atoms with Crippen molar-refractivity contribution in [1.29, 1.82) is 0 Å². The number of benzene rings is 3. The molecule has 0 fully saturated rings. The fourth-order valence-electron chi connectivity index (χ4n) is 3.41. The first-order valence-electron chi connectivity index (χ1n) is 9.28. The van der Waals surface area contributed by atoms with E-state index in [1.54, 1.807) is 0 Å². The van der Waals surface area contributed by atoms with E-state index in [0.29, 0.717) is 6.26 Å². The highest BCUT2D eigenvalue weighted by Gasteiger charge is 2.32. The maximum Gasteiger partial charge on any atom is 0.199 e. The van der Waals surface area contributed by atoms with E-state index in [2.05, 4.69) is 9.97 Å². The molecule has 0 atom stereocenters. The molecule has 2 N–H and O–H groups in total. The van der Waals surface area contributed by atoms with Crippen molar-refractivity contribution in [2.75, 3.05) is 11.6 Å². The van der Waals surface area contributed by atoms with Gasteiger partial charge in [-0.1, -0.05) is 17.7 Å². The zero-order valence-corrected chi connectivity index (χ0v) is 18.7. The Bertz CT molecular complexity index is 1630. The Morgan fingerprint density at radius 2 is 1.57 bits per heavy atom. The number of nitrogens with one attached hydrogen (secondary N) is 1. The van der Waals surface area contributed by atoms with Crippen molar-refractivity contribution in [2.45, 2.75) is 4.90 Å². The molecule has 0 bridgehead atoms. The number of sulfone groups is 1. The van der Waals surface area contributed by atoms with Gasteiger partial charge in [-0.3, -0.25) is 0 Å². The molecule has 0 saturated heterocycles. The molecule has 0 unspecified atom stereocenters. The van der Waals surface area contributed by atoms with Crippen LogP contribution < -0.4 is 5.32 Å². The minimum atomic E-state index is -4.67. The van der Waals surface area contributed by atoms with Gasteiger partial charge >= 0.3 is 0 Å². The van der Waals surface area contributed by atoms with Crippen LogP contribution in [0.1, 0.15) is 0 Å². The maximum atomic E-state index is 15.4. The number of hydrogen-bond acceptors (Lipinski definition) is 6. The molecule has 1 heterocycles. The van der Waals surface area contributed by atoms with E-state index in [-0.39, 0.29) is 5.39 Å². The van der Waals surface area contributed by atoms with Gasteiger partial charge in [0.25, 0.3) is 0 Å². The summed E-state index contributed by atoms with van der Waals surface area (Å²) in [5, 5.41) is 11.2. The molecule has 35 heavy (non-hydrogen) atoms. The summed E-state index contributed by atoms with van der Waals surface area (Å²) in [7, 11) is -4.67. The summed E-state index contributed by atoms with van der Waals surface area (Å²) in [5.74, 6) is -12.4. The number of phenols is 1. The first kappa shape index (κ1) is 24.5. The average Bonchev–Trinajstić information content (AvgIpc) is 2.77. The predicted molar refractivity (Wildman–Crippen MR) is 114 cm³/mol. The van der Waals surface area contributed by atoms with Crippen LogP contribution in [0.4, 0.5) is 37.8 Å². The van der Waals surface area contributed by atoms with Crippen LogP contribution >= 0.6 is 11.6 Å². The Morgan fingerprint density at radius 1 is 0.914 bits per heavy atom. The van der Waals surface area contributed by atoms with Crippen molar-refractivity contribution in [2.24, 2.45) is 0 Å². The van der Waals surface area contributed by atoms with Gasteiger partial charge in [-0.15, -0.1) is 0 Å². The van der Waals surface area contributed by atoms with Crippen LogP contribution in [0, 0.1) is 34.9 Å². The van der Waals surface area contributed by atoms with Crippen LogP contribution in [0.2, 0.25) is 5.02 Å². The van der Waals surface area contributed by atoms with Crippen LogP contribution in [0.25, 0.3) is 22.0 Å². The quantitative estimate of drug-likeness (QED) is 0.153. The topological polar surface area (TPSA) is 92.2 Å². The lowest BCUT2D eigenvalue weighted by molar-refractivity contribution is 0.399. The average molecular weight is 534 g/mol. The molecule has 0 aliphatic carbocycles. The van der Waals surface area contributed by atoms with E-state index >= 15 is 4.39 Å². The largest absolute Gasteiger partial charge is 0.507 e. The molecule has 182 valence electrons. The fourth-order valence-corrected chi connectivity index (χ4v) is 4.62. The normalized spacial score (nSPS) is 11.8. The van der Waals surface area contributed by atoms with Gasteiger partial charge in [0.2, 0.25) is 0 Å². The molecule has 4 rings (SSSR count). The number of hydrogen-bond donors (Lipinski definition) is 2. The Labute approximate surface area is 197 Å². The summed E-state index contributed by atoms with van der Waals surface area (Å²) in [5.41, 5.74) is -3.07. The standard InChI is InChI=1S/C21H10ClF6N3O3S/c1-35(33,34)20-17(28)15(26)14(25)16(27)19(20)31-21-7-5-8(22)11(13(24)18(7)29-6-30-21)12-9(23)3-2-4-10(12)32/h2-6,32H,1H3,(H,29,30,31). The molecule has 0 amide bonds. The fraction of sp³-hybridized carbons (Fsp3) is 0.0476. The molecule has 14 heteroatoms. The Balaban J connectivity index is 2.00. The summed E-state index contributed by atoms with van der Waals surface area (Å²) in [6.07, 6.45) is 1.15. The smallest absolute Gasteiger partial charge is 0.199 e. The van der Waals surface area contributed by atoms with Crippen molar-refractivity contribution < 1.29 is 39.9 Å². The highest BCUT2D eigenvalue weighted by Crippen LogP contribution is 2.42. The lowest BCUT2D eigenvalue weighted by Gasteiger charge is -2.16. The van der Waals surface area contributed by atoms with Crippen molar-refractivity contribution in [3.05, 3.63) is 70.5 Å².